The molecule has 0 radical (unpaired) electrons. The molecule has 1 rings (SSSR count). The third-order valence-electron chi connectivity index (χ3n) is 2.63. The van der Waals surface area contributed by atoms with E-state index in [2.05, 4.69) is 5.32 Å². The maximum Gasteiger partial charge on any atom is 0.258 e. The number of hydrogen-bond acceptors (Lipinski definition) is 5. The predicted molar refractivity (Wildman–Crippen MR) is 78.6 cm³/mol. The number of carbonyl (C=O) groups excluding carboxylic acids is 1. The fourth-order valence-corrected chi connectivity index (χ4v) is 1.65. The molecule has 1 aromatic carbocycles. The minimum Gasteiger partial charge on any atom is -0.494 e. The highest BCUT2D eigenvalue weighted by atomic mass is 16.5. The zero-order chi connectivity index (χ0) is 15.7. The van der Waals surface area contributed by atoms with Crippen molar-refractivity contribution in [3.05, 3.63) is 24.3 Å². The smallest absolute Gasteiger partial charge is 0.258 e. The number of benzene rings is 1. The lowest BCUT2D eigenvalue weighted by molar-refractivity contribution is -0.124. The number of carbonyl (C=O) groups is 1. The molecule has 118 valence electrons. The Bertz CT molecular complexity index is 430. The van der Waals surface area contributed by atoms with Gasteiger partial charge in [-0.2, -0.15) is 0 Å². The van der Waals surface area contributed by atoms with Gasteiger partial charge in [-0.15, -0.1) is 0 Å². The highest BCUT2D eigenvalue weighted by Crippen LogP contribution is 2.17. The van der Waals surface area contributed by atoms with E-state index in [1.165, 1.54) is 7.11 Å². The maximum absolute atomic E-state index is 11.6. The third-order valence-corrected chi connectivity index (χ3v) is 2.63. The van der Waals surface area contributed by atoms with Crippen LogP contribution >= 0.6 is 0 Å². The maximum atomic E-state index is 11.6. The van der Waals surface area contributed by atoms with Crippen molar-refractivity contribution in [1.82, 2.24) is 5.32 Å². The van der Waals surface area contributed by atoms with E-state index in [1.54, 1.807) is 31.2 Å². The molecule has 1 aromatic rings. The van der Waals surface area contributed by atoms with Gasteiger partial charge in [0.1, 0.15) is 17.1 Å². The lowest BCUT2D eigenvalue weighted by Crippen LogP contribution is -2.45. The summed E-state index contributed by atoms with van der Waals surface area (Å²) in [4.78, 5) is 11.6. The van der Waals surface area contributed by atoms with E-state index in [1.807, 2.05) is 6.92 Å². The summed E-state index contributed by atoms with van der Waals surface area (Å²) in [5.74, 6) is 1.03. The van der Waals surface area contributed by atoms with E-state index in [9.17, 15) is 9.90 Å². The molecular weight excluding hydrogens is 274 g/mol. The van der Waals surface area contributed by atoms with Crippen LogP contribution in [0.1, 0.15) is 13.8 Å². The van der Waals surface area contributed by atoms with Gasteiger partial charge in [-0.1, -0.05) is 0 Å². The van der Waals surface area contributed by atoms with Crippen molar-refractivity contribution in [2.75, 3.05) is 33.5 Å². The zero-order valence-corrected chi connectivity index (χ0v) is 12.7. The summed E-state index contributed by atoms with van der Waals surface area (Å²) in [7, 11) is 1.49. The molecule has 0 aromatic heterocycles. The zero-order valence-electron chi connectivity index (χ0n) is 12.7. The van der Waals surface area contributed by atoms with Gasteiger partial charge < -0.3 is 24.6 Å². The minimum atomic E-state index is -1.09. The summed E-state index contributed by atoms with van der Waals surface area (Å²) in [5, 5.41) is 12.4. The number of rotatable bonds is 9. The number of nitrogens with one attached hydrogen (secondary N) is 1. The van der Waals surface area contributed by atoms with Gasteiger partial charge in [0.05, 0.1) is 13.2 Å². The van der Waals surface area contributed by atoms with Crippen LogP contribution in [0.5, 0.6) is 11.5 Å². The third kappa shape index (κ3) is 6.97. The summed E-state index contributed by atoms with van der Waals surface area (Å²) in [6, 6.07) is 7.03. The van der Waals surface area contributed by atoms with Crippen LogP contribution < -0.4 is 14.8 Å². The molecule has 6 heteroatoms. The van der Waals surface area contributed by atoms with Crippen molar-refractivity contribution < 1.29 is 24.1 Å². The molecule has 21 heavy (non-hydrogen) atoms. The minimum absolute atomic E-state index is 0.103. The molecule has 0 saturated carbocycles. The largest absolute Gasteiger partial charge is 0.494 e. The molecular formula is C15H23NO5. The van der Waals surface area contributed by atoms with Gasteiger partial charge >= 0.3 is 0 Å². The van der Waals surface area contributed by atoms with E-state index in [4.69, 9.17) is 14.2 Å². The van der Waals surface area contributed by atoms with E-state index < -0.39 is 5.60 Å². The number of methoxy groups -OCH3 is 1. The van der Waals surface area contributed by atoms with Crippen LogP contribution in [-0.2, 0) is 9.53 Å². The number of amides is 1. The molecule has 1 unspecified atom stereocenters. The Labute approximate surface area is 125 Å². The molecule has 2 N–H and O–H groups in total. The molecule has 0 fully saturated rings. The normalized spacial score (nSPS) is 13.3. The van der Waals surface area contributed by atoms with Gasteiger partial charge in [0.25, 0.3) is 5.91 Å². The second kappa shape index (κ2) is 8.49. The molecule has 0 heterocycles. The second-order valence-corrected chi connectivity index (χ2v) is 4.90. The Morgan fingerprint density at radius 3 is 2.33 bits per heavy atom. The first-order chi connectivity index (χ1) is 9.96. The first-order valence-corrected chi connectivity index (χ1v) is 6.80. The monoisotopic (exact) mass is 297 g/mol. The molecule has 1 atom stereocenters. The van der Waals surface area contributed by atoms with Gasteiger partial charge in [-0.25, -0.2) is 0 Å². The van der Waals surface area contributed by atoms with Crippen LogP contribution in [-0.4, -0.2) is 50.1 Å². The summed E-state index contributed by atoms with van der Waals surface area (Å²) in [5.41, 5.74) is -1.09. The summed E-state index contributed by atoms with van der Waals surface area (Å²) in [6.07, 6.45) is 0. The lowest BCUT2D eigenvalue weighted by Gasteiger charge is -2.22. The average molecular weight is 297 g/mol. The van der Waals surface area contributed by atoms with Crippen molar-refractivity contribution >= 4 is 5.91 Å². The lowest BCUT2D eigenvalue weighted by atomic mass is 10.1. The standard InChI is InChI=1S/C15H23NO5/c1-4-20-12-5-7-13(8-6-12)21-9-14(17)16-10-15(2,18)11-19-3/h5-8,18H,4,9-11H2,1-3H3,(H,16,17). The fourth-order valence-electron chi connectivity index (χ4n) is 1.65. The van der Waals surface area contributed by atoms with Crippen molar-refractivity contribution in [1.29, 1.82) is 0 Å². The summed E-state index contributed by atoms with van der Waals surface area (Å²) >= 11 is 0. The van der Waals surface area contributed by atoms with Crippen LogP contribution in [0.2, 0.25) is 0 Å². The molecule has 6 nitrogen and oxygen atoms in total. The van der Waals surface area contributed by atoms with E-state index in [-0.39, 0.29) is 25.7 Å². The van der Waals surface area contributed by atoms with E-state index >= 15 is 0 Å². The van der Waals surface area contributed by atoms with E-state index in [0.29, 0.717) is 12.4 Å². The molecule has 0 saturated heterocycles. The first-order valence-electron chi connectivity index (χ1n) is 6.80. The summed E-state index contributed by atoms with van der Waals surface area (Å²) in [6.45, 7) is 4.23. The van der Waals surface area contributed by atoms with Crippen LogP contribution in [0.4, 0.5) is 0 Å². The Morgan fingerprint density at radius 2 is 1.81 bits per heavy atom. The SMILES string of the molecule is CCOc1ccc(OCC(=O)NCC(C)(O)COC)cc1. The highest BCUT2D eigenvalue weighted by Gasteiger charge is 2.20. The van der Waals surface area contributed by atoms with Crippen molar-refractivity contribution in [3.8, 4) is 11.5 Å². The van der Waals surface area contributed by atoms with Crippen molar-refractivity contribution in [3.63, 3.8) is 0 Å². The molecule has 0 aliphatic carbocycles. The summed E-state index contributed by atoms with van der Waals surface area (Å²) < 4.78 is 15.5. The van der Waals surface area contributed by atoms with Gasteiger partial charge in [-0.3, -0.25) is 4.79 Å². The Balaban J connectivity index is 2.32. The van der Waals surface area contributed by atoms with Gasteiger partial charge in [0.15, 0.2) is 6.61 Å². The second-order valence-electron chi connectivity index (χ2n) is 4.90. The molecule has 0 spiro atoms. The van der Waals surface area contributed by atoms with Gasteiger partial charge in [-0.05, 0) is 38.1 Å². The number of hydrogen-bond donors (Lipinski definition) is 2. The number of ether oxygens (including phenoxy) is 3. The van der Waals surface area contributed by atoms with Crippen LogP contribution in [0.3, 0.4) is 0 Å². The Hall–Kier alpha value is -1.79. The Morgan fingerprint density at radius 1 is 1.24 bits per heavy atom. The molecule has 1 amide bonds. The predicted octanol–water partition coefficient (Wildman–Crippen LogP) is 0.978. The molecule has 0 bridgehead atoms. The molecule has 0 aliphatic heterocycles. The quantitative estimate of drug-likeness (QED) is 0.710. The highest BCUT2D eigenvalue weighted by molar-refractivity contribution is 5.77. The van der Waals surface area contributed by atoms with Crippen LogP contribution in [0.25, 0.3) is 0 Å². The van der Waals surface area contributed by atoms with Gasteiger partial charge in [0, 0.05) is 13.7 Å². The molecule has 0 aliphatic rings. The van der Waals surface area contributed by atoms with Crippen LogP contribution in [0.15, 0.2) is 24.3 Å². The topological polar surface area (TPSA) is 77.0 Å². The Kier molecular flexibility index (Phi) is 6.98. The fraction of sp³-hybridized carbons (Fsp3) is 0.533. The van der Waals surface area contributed by atoms with Crippen molar-refractivity contribution in [2.45, 2.75) is 19.4 Å². The van der Waals surface area contributed by atoms with Gasteiger partial charge in [0.2, 0.25) is 0 Å². The average Bonchev–Trinajstić information content (AvgIpc) is 2.45. The van der Waals surface area contributed by atoms with E-state index in [0.717, 1.165) is 5.75 Å². The van der Waals surface area contributed by atoms with Crippen molar-refractivity contribution in [2.24, 2.45) is 0 Å². The first kappa shape index (κ1) is 17.3. The van der Waals surface area contributed by atoms with Crippen LogP contribution in [0, 0.1) is 0 Å². The number of aliphatic hydroxyl groups is 1.